The lowest BCUT2D eigenvalue weighted by molar-refractivity contribution is 0.101. The van der Waals surface area contributed by atoms with Crippen molar-refractivity contribution in [1.82, 2.24) is 14.5 Å². The molecule has 0 atom stereocenters. The fourth-order valence-corrected chi connectivity index (χ4v) is 3.15. The van der Waals surface area contributed by atoms with E-state index in [1.54, 1.807) is 0 Å². The number of nitrogens with zero attached hydrogens (tertiary/aromatic N) is 3. The molecule has 1 aliphatic carbocycles. The summed E-state index contributed by atoms with van der Waals surface area (Å²) in [6.07, 6.45) is 8.91. The van der Waals surface area contributed by atoms with E-state index in [0.717, 1.165) is 17.9 Å². The highest BCUT2D eigenvalue weighted by molar-refractivity contribution is 6.16. The van der Waals surface area contributed by atoms with E-state index >= 15 is 0 Å². The molecule has 0 N–H and O–H groups in total. The lowest BCUT2D eigenvalue weighted by Crippen LogP contribution is -2.33. The molecule has 3 rings (SSSR count). The smallest absolute Gasteiger partial charge is 0.124 e. The molecule has 0 radical (unpaired) electrons. The Morgan fingerprint density at radius 2 is 2.28 bits per heavy atom. The fraction of sp³-hybridized carbons (Fsp3) is 0.571. The van der Waals surface area contributed by atoms with Gasteiger partial charge in [0.25, 0.3) is 0 Å². The minimum absolute atomic E-state index is 0.467. The van der Waals surface area contributed by atoms with Crippen LogP contribution in [0.15, 0.2) is 18.5 Å². The molecule has 18 heavy (non-hydrogen) atoms. The average Bonchev–Trinajstić information content (AvgIpc) is 2.71. The highest BCUT2D eigenvalue weighted by atomic mass is 35.5. The van der Waals surface area contributed by atoms with E-state index in [1.165, 1.54) is 31.2 Å². The number of hydrogen-bond donors (Lipinski definition) is 0. The van der Waals surface area contributed by atoms with Gasteiger partial charge in [0, 0.05) is 12.7 Å². The third-order valence-electron chi connectivity index (χ3n) is 4.41. The fourth-order valence-electron chi connectivity index (χ4n) is 2.95. The van der Waals surface area contributed by atoms with Gasteiger partial charge in [-0.3, -0.25) is 4.98 Å². The number of fused-ring (bicyclic) bond motifs is 1. The number of aromatic nitrogens is 3. The van der Waals surface area contributed by atoms with E-state index in [4.69, 9.17) is 11.6 Å². The third-order valence-corrected chi connectivity index (χ3v) is 4.65. The van der Waals surface area contributed by atoms with Crippen LogP contribution in [0.4, 0.5) is 0 Å². The van der Waals surface area contributed by atoms with Gasteiger partial charge in [-0.2, -0.15) is 0 Å². The second-order valence-corrected chi connectivity index (χ2v) is 5.59. The van der Waals surface area contributed by atoms with Gasteiger partial charge in [-0.05, 0) is 30.7 Å². The Morgan fingerprint density at radius 1 is 1.44 bits per heavy atom. The summed E-state index contributed by atoms with van der Waals surface area (Å²) < 4.78 is 2.30. The summed E-state index contributed by atoms with van der Waals surface area (Å²) in [6, 6.07) is 2.04. The van der Waals surface area contributed by atoms with Crippen molar-refractivity contribution < 1.29 is 0 Å². The van der Waals surface area contributed by atoms with Gasteiger partial charge in [0.15, 0.2) is 0 Å². The van der Waals surface area contributed by atoms with Gasteiger partial charge in [0.2, 0.25) is 0 Å². The Kier molecular flexibility index (Phi) is 3.02. The molecule has 1 fully saturated rings. The number of imidazole rings is 1. The number of alkyl halides is 1. The Balaban J connectivity index is 2.04. The molecule has 96 valence electrons. The molecule has 0 bridgehead atoms. The zero-order valence-corrected chi connectivity index (χ0v) is 11.5. The lowest BCUT2D eigenvalue weighted by Gasteiger charge is -2.42. The van der Waals surface area contributed by atoms with E-state index in [0.29, 0.717) is 11.3 Å². The van der Waals surface area contributed by atoms with Crippen LogP contribution in [0.3, 0.4) is 0 Å². The minimum atomic E-state index is 0.467. The number of halogens is 1. The van der Waals surface area contributed by atoms with Crippen LogP contribution in [0.2, 0.25) is 0 Å². The molecule has 1 aliphatic rings. The molecule has 0 unspecified atom stereocenters. The Morgan fingerprint density at radius 3 is 2.89 bits per heavy atom. The van der Waals surface area contributed by atoms with Crippen molar-refractivity contribution in [2.24, 2.45) is 5.41 Å². The van der Waals surface area contributed by atoms with Gasteiger partial charge in [0.05, 0.1) is 17.6 Å². The van der Waals surface area contributed by atoms with Crippen molar-refractivity contribution in [1.29, 1.82) is 0 Å². The molecular formula is C14H18ClN3. The summed E-state index contributed by atoms with van der Waals surface area (Å²) in [5.74, 6) is 1.44. The quantitative estimate of drug-likeness (QED) is 0.787. The summed E-state index contributed by atoms with van der Waals surface area (Å²) in [7, 11) is 0. The summed E-state index contributed by atoms with van der Waals surface area (Å²) >= 11 is 6.03. The van der Waals surface area contributed by atoms with E-state index in [-0.39, 0.29) is 0 Å². The lowest BCUT2D eigenvalue weighted by atomic mass is 9.67. The second-order valence-electron chi connectivity index (χ2n) is 5.32. The monoisotopic (exact) mass is 263 g/mol. The van der Waals surface area contributed by atoms with E-state index in [2.05, 4.69) is 21.5 Å². The standard InChI is InChI=1S/C14H18ClN3/c1-2-14(5-3-6-14)10-18-12-4-7-16-9-11(12)17-13(18)8-15/h4,7,9H,2-3,5-6,8,10H2,1H3. The van der Waals surface area contributed by atoms with Crippen LogP contribution in [0.5, 0.6) is 0 Å². The Bertz CT molecular complexity index is 552. The first-order valence-electron chi connectivity index (χ1n) is 6.63. The largest absolute Gasteiger partial charge is 0.326 e. The van der Waals surface area contributed by atoms with Crippen LogP contribution in [0.1, 0.15) is 38.4 Å². The van der Waals surface area contributed by atoms with Crippen molar-refractivity contribution in [3.63, 3.8) is 0 Å². The number of pyridine rings is 1. The third kappa shape index (κ3) is 1.81. The van der Waals surface area contributed by atoms with Gasteiger partial charge >= 0.3 is 0 Å². The summed E-state index contributed by atoms with van der Waals surface area (Å²) in [5.41, 5.74) is 2.59. The van der Waals surface area contributed by atoms with Gasteiger partial charge in [-0.25, -0.2) is 4.98 Å². The van der Waals surface area contributed by atoms with Crippen molar-refractivity contribution in [2.45, 2.75) is 45.0 Å². The molecule has 1 saturated carbocycles. The maximum absolute atomic E-state index is 6.03. The van der Waals surface area contributed by atoms with Gasteiger partial charge < -0.3 is 4.57 Å². The minimum Gasteiger partial charge on any atom is -0.326 e. The van der Waals surface area contributed by atoms with Gasteiger partial charge in [-0.15, -0.1) is 11.6 Å². The van der Waals surface area contributed by atoms with Gasteiger partial charge in [0.1, 0.15) is 11.3 Å². The first-order valence-corrected chi connectivity index (χ1v) is 7.16. The average molecular weight is 264 g/mol. The van der Waals surface area contributed by atoms with Crippen molar-refractivity contribution in [3.05, 3.63) is 24.3 Å². The van der Waals surface area contributed by atoms with E-state index in [1.807, 2.05) is 18.5 Å². The van der Waals surface area contributed by atoms with Crippen LogP contribution < -0.4 is 0 Å². The molecule has 0 amide bonds. The second kappa shape index (κ2) is 4.54. The van der Waals surface area contributed by atoms with Crippen LogP contribution in [-0.2, 0) is 12.4 Å². The van der Waals surface area contributed by atoms with Gasteiger partial charge in [-0.1, -0.05) is 13.3 Å². The molecule has 2 heterocycles. The van der Waals surface area contributed by atoms with E-state index in [9.17, 15) is 0 Å². The number of rotatable bonds is 4. The molecule has 0 saturated heterocycles. The van der Waals surface area contributed by atoms with Crippen LogP contribution in [0, 0.1) is 5.41 Å². The van der Waals surface area contributed by atoms with Crippen LogP contribution in [0.25, 0.3) is 11.0 Å². The SMILES string of the molecule is CCC1(Cn2c(CCl)nc3cnccc32)CCC1. The summed E-state index contributed by atoms with van der Waals surface area (Å²) in [5, 5.41) is 0. The highest BCUT2D eigenvalue weighted by Crippen LogP contribution is 2.45. The maximum Gasteiger partial charge on any atom is 0.124 e. The molecule has 0 aromatic carbocycles. The molecule has 4 heteroatoms. The maximum atomic E-state index is 6.03. The van der Waals surface area contributed by atoms with Crippen LogP contribution >= 0.6 is 11.6 Å². The predicted octanol–water partition coefficient (Wildman–Crippen LogP) is 3.75. The summed E-state index contributed by atoms with van der Waals surface area (Å²) in [6.45, 7) is 3.34. The van der Waals surface area contributed by atoms with E-state index < -0.39 is 0 Å². The number of hydrogen-bond acceptors (Lipinski definition) is 2. The first kappa shape index (κ1) is 12.0. The molecular weight excluding hydrogens is 246 g/mol. The molecule has 0 aliphatic heterocycles. The normalized spacial score (nSPS) is 17.9. The highest BCUT2D eigenvalue weighted by Gasteiger charge is 2.36. The Hall–Kier alpha value is -1.09. The molecule has 3 nitrogen and oxygen atoms in total. The van der Waals surface area contributed by atoms with Crippen molar-refractivity contribution in [2.75, 3.05) is 0 Å². The first-order chi connectivity index (χ1) is 8.78. The molecule has 2 aromatic rings. The predicted molar refractivity (Wildman–Crippen MR) is 73.7 cm³/mol. The van der Waals surface area contributed by atoms with Crippen molar-refractivity contribution in [3.8, 4) is 0 Å². The van der Waals surface area contributed by atoms with Crippen LogP contribution in [-0.4, -0.2) is 14.5 Å². The molecule has 2 aromatic heterocycles. The Labute approximate surface area is 112 Å². The zero-order valence-electron chi connectivity index (χ0n) is 10.7. The molecule has 0 spiro atoms. The summed E-state index contributed by atoms with van der Waals surface area (Å²) in [4.78, 5) is 8.71. The zero-order chi connectivity index (χ0) is 12.6. The van der Waals surface area contributed by atoms with Crippen molar-refractivity contribution >= 4 is 22.6 Å². The topological polar surface area (TPSA) is 30.7 Å².